The van der Waals surface area contributed by atoms with Crippen LogP contribution in [0, 0.1) is 0 Å². The Kier molecular flexibility index (Phi) is 5.18. The molecule has 0 fully saturated rings. The Balaban J connectivity index is 1.40. The summed E-state index contributed by atoms with van der Waals surface area (Å²) in [6, 6.07) is 17.9. The number of carbonyl (C=O) groups is 2. The monoisotopic (exact) mass is 391 g/mol. The van der Waals surface area contributed by atoms with Gasteiger partial charge >= 0.3 is 5.97 Å². The van der Waals surface area contributed by atoms with E-state index < -0.39 is 6.10 Å². The standard InChI is InChI=1S/C23H21NO5/c1-2-28-23(27)16-9-11-18(12-10-16)29-14-17(25)13-24-20-8-4-6-15-5-3-7-19(21(15)20)22(24)26/h3-12,17,25H,2,13-14H2,1H3/t17-/m1/s1. The zero-order chi connectivity index (χ0) is 20.4. The molecule has 1 aliphatic heterocycles. The third-order valence-electron chi connectivity index (χ3n) is 4.85. The van der Waals surface area contributed by atoms with Crippen LogP contribution in [0.1, 0.15) is 27.6 Å². The molecule has 148 valence electrons. The van der Waals surface area contributed by atoms with Gasteiger partial charge in [-0.2, -0.15) is 0 Å². The molecular weight excluding hydrogens is 370 g/mol. The minimum absolute atomic E-state index is 0.0227. The molecule has 1 atom stereocenters. The van der Waals surface area contributed by atoms with Crippen molar-refractivity contribution in [2.75, 3.05) is 24.7 Å². The number of aliphatic hydroxyl groups excluding tert-OH is 1. The number of carbonyl (C=O) groups excluding carboxylic acids is 2. The molecule has 4 rings (SSSR count). The maximum Gasteiger partial charge on any atom is 0.338 e. The number of hydrogen-bond donors (Lipinski definition) is 1. The molecule has 6 heteroatoms. The van der Waals surface area contributed by atoms with Crippen molar-refractivity contribution < 1.29 is 24.2 Å². The Morgan fingerprint density at radius 3 is 2.52 bits per heavy atom. The summed E-state index contributed by atoms with van der Waals surface area (Å²) < 4.78 is 10.6. The Morgan fingerprint density at radius 2 is 1.79 bits per heavy atom. The zero-order valence-electron chi connectivity index (χ0n) is 16.0. The Labute approximate surface area is 168 Å². The molecule has 3 aromatic rings. The van der Waals surface area contributed by atoms with E-state index >= 15 is 0 Å². The average molecular weight is 391 g/mol. The molecule has 0 unspecified atom stereocenters. The van der Waals surface area contributed by atoms with Crippen molar-refractivity contribution in [2.45, 2.75) is 13.0 Å². The zero-order valence-corrected chi connectivity index (χ0v) is 16.0. The first-order valence-corrected chi connectivity index (χ1v) is 9.50. The van der Waals surface area contributed by atoms with E-state index in [2.05, 4.69) is 0 Å². The van der Waals surface area contributed by atoms with Crippen LogP contribution in [0.3, 0.4) is 0 Å². The Bertz CT molecular complexity index is 1060. The van der Waals surface area contributed by atoms with Crippen molar-refractivity contribution in [3.8, 4) is 5.75 Å². The third-order valence-corrected chi connectivity index (χ3v) is 4.85. The third kappa shape index (κ3) is 3.67. The predicted molar refractivity (Wildman–Crippen MR) is 110 cm³/mol. The van der Waals surface area contributed by atoms with Gasteiger partial charge in [-0.05, 0) is 48.7 Å². The summed E-state index contributed by atoms with van der Waals surface area (Å²) in [5.41, 5.74) is 1.90. The van der Waals surface area contributed by atoms with E-state index in [-0.39, 0.29) is 25.0 Å². The molecule has 6 nitrogen and oxygen atoms in total. The number of aliphatic hydroxyl groups is 1. The van der Waals surface area contributed by atoms with E-state index in [1.165, 1.54) is 0 Å². The number of ether oxygens (including phenoxy) is 2. The van der Waals surface area contributed by atoms with Crippen molar-refractivity contribution >= 4 is 28.3 Å². The number of hydrogen-bond acceptors (Lipinski definition) is 5. The topological polar surface area (TPSA) is 76.1 Å². The summed E-state index contributed by atoms with van der Waals surface area (Å²) in [5, 5.41) is 12.4. The van der Waals surface area contributed by atoms with E-state index in [1.54, 1.807) is 36.1 Å². The van der Waals surface area contributed by atoms with E-state index in [0.29, 0.717) is 23.5 Å². The summed E-state index contributed by atoms with van der Waals surface area (Å²) in [7, 11) is 0. The van der Waals surface area contributed by atoms with Crippen molar-refractivity contribution in [1.29, 1.82) is 0 Å². The highest BCUT2D eigenvalue weighted by Crippen LogP contribution is 2.37. The molecule has 0 aromatic heterocycles. The summed E-state index contributed by atoms with van der Waals surface area (Å²) in [6.45, 7) is 2.22. The van der Waals surface area contributed by atoms with Crippen LogP contribution in [0.2, 0.25) is 0 Å². The maximum absolute atomic E-state index is 12.8. The average Bonchev–Trinajstić information content (AvgIpc) is 3.01. The van der Waals surface area contributed by atoms with Gasteiger partial charge in [0, 0.05) is 10.9 Å². The molecule has 3 aromatic carbocycles. The Hall–Kier alpha value is -3.38. The van der Waals surface area contributed by atoms with Crippen molar-refractivity contribution in [3.63, 3.8) is 0 Å². The lowest BCUT2D eigenvalue weighted by Gasteiger charge is -2.21. The maximum atomic E-state index is 12.8. The molecule has 1 aliphatic rings. The fraction of sp³-hybridized carbons (Fsp3) is 0.217. The van der Waals surface area contributed by atoms with Crippen LogP contribution in [0.4, 0.5) is 5.69 Å². The van der Waals surface area contributed by atoms with E-state index in [9.17, 15) is 14.7 Å². The number of anilines is 1. The Morgan fingerprint density at radius 1 is 1.07 bits per heavy atom. The van der Waals surface area contributed by atoms with Crippen LogP contribution in [-0.4, -0.2) is 42.8 Å². The largest absolute Gasteiger partial charge is 0.491 e. The number of amides is 1. The first-order chi connectivity index (χ1) is 14.1. The molecule has 0 aliphatic carbocycles. The van der Waals surface area contributed by atoms with Gasteiger partial charge in [0.05, 0.1) is 24.4 Å². The van der Waals surface area contributed by atoms with Gasteiger partial charge in [-0.3, -0.25) is 4.79 Å². The molecule has 1 heterocycles. The van der Waals surface area contributed by atoms with Crippen molar-refractivity contribution in [2.24, 2.45) is 0 Å². The second-order valence-electron chi connectivity index (χ2n) is 6.81. The van der Waals surface area contributed by atoms with E-state index in [4.69, 9.17) is 9.47 Å². The van der Waals surface area contributed by atoms with Gasteiger partial charge in [-0.1, -0.05) is 24.3 Å². The normalized spacial score (nSPS) is 13.6. The molecule has 0 bridgehead atoms. The fourth-order valence-electron chi connectivity index (χ4n) is 3.52. The van der Waals surface area contributed by atoms with Crippen LogP contribution in [0.5, 0.6) is 5.75 Å². The molecular formula is C23H21NO5. The molecule has 0 saturated heterocycles. The van der Waals surface area contributed by atoms with Gasteiger partial charge in [0.1, 0.15) is 18.5 Å². The highest BCUT2D eigenvalue weighted by Gasteiger charge is 2.30. The summed E-state index contributed by atoms with van der Waals surface area (Å²) in [4.78, 5) is 26.0. The lowest BCUT2D eigenvalue weighted by Crippen LogP contribution is -2.37. The van der Waals surface area contributed by atoms with Crippen LogP contribution in [0.15, 0.2) is 60.7 Å². The minimum atomic E-state index is -0.867. The SMILES string of the molecule is CCOC(=O)c1ccc(OC[C@H](O)CN2C(=O)c3cccc4cccc2c34)cc1. The number of benzene rings is 3. The quantitative estimate of drug-likeness (QED) is 0.625. The smallest absolute Gasteiger partial charge is 0.338 e. The number of nitrogens with zero attached hydrogens (tertiary/aromatic N) is 1. The summed E-state index contributed by atoms with van der Waals surface area (Å²) in [6.07, 6.45) is -0.867. The van der Waals surface area contributed by atoms with Gasteiger partial charge < -0.3 is 19.5 Å². The van der Waals surface area contributed by atoms with Crippen LogP contribution in [0.25, 0.3) is 10.8 Å². The lowest BCUT2D eigenvalue weighted by molar-refractivity contribution is 0.0526. The lowest BCUT2D eigenvalue weighted by atomic mass is 10.1. The van der Waals surface area contributed by atoms with Crippen molar-refractivity contribution in [3.05, 3.63) is 71.8 Å². The molecule has 0 saturated carbocycles. The van der Waals surface area contributed by atoms with Gasteiger partial charge in [-0.15, -0.1) is 0 Å². The van der Waals surface area contributed by atoms with Gasteiger partial charge in [-0.25, -0.2) is 4.79 Å². The predicted octanol–water partition coefficient (Wildman–Crippen LogP) is 3.42. The van der Waals surface area contributed by atoms with Gasteiger partial charge in [0.2, 0.25) is 0 Å². The second-order valence-corrected chi connectivity index (χ2v) is 6.81. The van der Waals surface area contributed by atoms with E-state index in [0.717, 1.165) is 16.5 Å². The second kappa shape index (κ2) is 7.93. The van der Waals surface area contributed by atoms with Gasteiger partial charge in [0.15, 0.2) is 0 Å². The molecule has 0 radical (unpaired) electrons. The number of esters is 1. The molecule has 1 N–H and O–H groups in total. The fourth-order valence-corrected chi connectivity index (χ4v) is 3.52. The minimum Gasteiger partial charge on any atom is -0.491 e. The number of rotatable bonds is 7. The molecule has 0 spiro atoms. The van der Waals surface area contributed by atoms with Gasteiger partial charge in [0.25, 0.3) is 5.91 Å². The molecule has 1 amide bonds. The van der Waals surface area contributed by atoms with Crippen LogP contribution >= 0.6 is 0 Å². The molecule has 29 heavy (non-hydrogen) atoms. The highest BCUT2D eigenvalue weighted by molar-refractivity contribution is 6.25. The number of β-amino-alcohol motifs (C(OH)–C–C–N with tert-alkyl or cyclic N) is 1. The summed E-state index contributed by atoms with van der Waals surface area (Å²) >= 11 is 0. The van der Waals surface area contributed by atoms with Crippen LogP contribution < -0.4 is 9.64 Å². The van der Waals surface area contributed by atoms with Crippen LogP contribution in [-0.2, 0) is 4.74 Å². The first-order valence-electron chi connectivity index (χ1n) is 9.50. The highest BCUT2D eigenvalue weighted by atomic mass is 16.5. The van der Waals surface area contributed by atoms with E-state index in [1.807, 2.05) is 36.4 Å². The summed E-state index contributed by atoms with van der Waals surface area (Å²) in [5.74, 6) is 0.0187. The van der Waals surface area contributed by atoms with Crippen molar-refractivity contribution in [1.82, 2.24) is 0 Å². The first kappa shape index (κ1) is 19.0.